The third kappa shape index (κ3) is 1.41. The second-order valence-corrected chi connectivity index (χ2v) is 3.15. The first-order chi connectivity index (χ1) is 6.33. The van der Waals surface area contributed by atoms with Gasteiger partial charge in [0.1, 0.15) is 18.5 Å². The first-order valence-electron chi connectivity index (χ1n) is 4.33. The Hall–Kier alpha value is -1.06. The molecule has 1 aliphatic rings. The van der Waals surface area contributed by atoms with E-state index in [1.165, 1.54) is 0 Å². The lowest BCUT2D eigenvalue weighted by atomic mass is 9.99. The molecule has 13 heavy (non-hydrogen) atoms. The molecule has 2 N–H and O–H groups in total. The van der Waals surface area contributed by atoms with Gasteiger partial charge in [0.25, 0.3) is 0 Å². The van der Waals surface area contributed by atoms with Crippen molar-refractivity contribution in [1.82, 2.24) is 0 Å². The number of benzene rings is 1. The highest BCUT2D eigenvalue weighted by atomic mass is 16.5. The Bertz CT molecular complexity index is 301. The van der Waals surface area contributed by atoms with Crippen molar-refractivity contribution in [3.05, 3.63) is 29.8 Å². The standard InChI is InChI=1S/C10H13NO2/c1-12-9-6-13-8-5-3-2-4-7(8)10(9)11/h2-5,9-10H,6,11H2,1H3. The van der Waals surface area contributed by atoms with Gasteiger partial charge < -0.3 is 15.2 Å². The topological polar surface area (TPSA) is 44.5 Å². The van der Waals surface area contributed by atoms with Crippen molar-refractivity contribution in [1.29, 1.82) is 0 Å². The van der Waals surface area contributed by atoms with Gasteiger partial charge in [0.15, 0.2) is 0 Å². The van der Waals surface area contributed by atoms with Crippen LogP contribution in [-0.2, 0) is 4.74 Å². The van der Waals surface area contributed by atoms with Gasteiger partial charge in [0.2, 0.25) is 0 Å². The van der Waals surface area contributed by atoms with E-state index in [0.717, 1.165) is 11.3 Å². The lowest BCUT2D eigenvalue weighted by molar-refractivity contribution is 0.0260. The molecule has 2 atom stereocenters. The second kappa shape index (κ2) is 3.36. The summed E-state index contributed by atoms with van der Waals surface area (Å²) >= 11 is 0. The molecule has 2 unspecified atom stereocenters. The van der Waals surface area contributed by atoms with Crippen molar-refractivity contribution in [3.63, 3.8) is 0 Å². The quantitative estimate of drug-likeness (QED) is 0.702. The Morgan fingerprint density at radius 3 is 3.00 bits per heavy atom. The summed E-state index contributed by atoms with van der Waals surface area (Å²) in [5.74, 6) is 0.878. The Kier molecular flexibility index (Phi) is 2.20. The average molecular weight is 179 g/mol. The molecule has 3 heteroatoms. The van der Waals surface area contributed by atoms with Gasteiger partial charge >= 0.3 is 0 Å². The molecule has 1 aromatic rings. The van der Waals surface area contributed by atoms with Gasteiger partial charge in [0.05, 0.1) is 6.04 Å². The molecular weight excluding hydrogens is 166 g/mol. The van der Waals surface area contributed by atoms with E-state index in [1.54, 1.807) is 7.11 Å². The number of para-hydroxylation sites is 1. The average Bonchev–Trinajstić information content (AvgIpc) is 2.19. The molecule has 2 rings (SSSR count). The molecule has 1 aromatic carbocycles. The van der Waals surface area contributed by atoms with Crippen molar-refractivity contribution in [2.75, 3.05) is 13.7 Å². The molecule has 70 valence electrons. The summed E-state index contributed by atoms with van der Waals surface area (Å²) in [6.45, 7) is 0.536. The van der Waals surface area contributed by atoms with Crippen LogP contribution in [0.4, 0.5) is 0 Å². The first-order valence-corrected chi connectivity index (χ1v) is 4.33. The van der Waals surface area contributed by atoms with Crippen molar-refractivity contribution < 1.29 is 9.47 Å². The van der Waals surface area contributed by atoms with Crippen LogP contribution in [0.3, 0.4) is 0 Å². The van der Waals surface area contributed by atoms with Crippen molar-refractivity contribution in [2.45, 2.75) is 12.1 Å². The van der Waals surface area contributed by atoms with E-state index in [-0.39, 0.29) is 12.1 Å². The third-order valence-electron chi connectivity index (χ3n) is 2.38. The van der Waals surface area contributed by atoms with Crippen molar-refractivity contribution in [2.24, 2.45) is 5.73 Å². The number of nitrogens with two attached hydrogens (primary N) is 1. The summed E-state index contributed by atoms with van der Waals surface area (Å²) in [6.07, 6.45) is -0.0325. The predicted molar refractivity (Wildman–Crippen MR) is 49.7 cm³/mol. The number of fused-ring (bicyclic) bond motifs is 1. The van der Waals surface area contributed by atoms with Crippen LogP contribution >= 0.6 is 0 Å². The minimum atomic E-state index is -0.0741. The fourth-order valence-electron chi connectivity index (χ4n) is 1.58. The van der Waals surface area contributed by atoms with E-state index in [4.69, 9.17) is 15.2 Å². The maximum Gasteiger partial charge on any atom is 0.124 e. The zero-order chi connectivity index (χ0) is 9.26. The van der Waals surface area contributed by atoms with Crippen LogP contribution in [0.2, 0.25) is 0 Å². The van der Waals surface area contributed by atoms with Crippen molar-refractivity contribution >= 4 is 0 Å². The second-order valence-electron chi connectivity index (χ2n) is 3.15. The van der Waals surface area contributed by atoms with Crippen LogP contribution in [0.25, 0.3) is 0 Å². The maximum absolute atomic E-state index is 6.00. The molecule has 0 saturated heterocycles. The largest absolute Gasteiger partial charge is 0.490 e. The van der Waals surface area contributed by atoms with E-state index < -0.39 is 0 Å². The molecule has 0 radical (unpaired) electrons. The molecule has 0 amide bonds. The molecule has 0 aliphatic carbocycles. The van der Waals surface area contributed by atoms with Gasteiger partial charge in [-0.3, -0.25) is 0 Å². The maximum atomic E-state index is 6.00. The smallest absolute Gasteiger partial charge is 0.124 e. The summed E-state index contributed by atoms with van der Waals surface area (Å²) in [5.41, 5.74) is 7.02. The fraction of sp³-hybridized carbons (Fsp3) is 0.400. The molecule has 1 heterocycles. The monoisotopic (exact) mass is 179 g/mol. The van der Waals surface area contributed by atoms with Crippen LogP contribution in [0.15, 0.2) is 24.3 Å². The normalized spacial score (nSPS) is 26.3. The first kappa shape index (κ1) is 8.53. The van der Waals surface area contributed by atoms with Crippen LogP contribution in [0.1, 0.15) is 11.6 Å². The highest BCUT2D eigenvalue weighted by Gasteiger charge is 2.27. The minimum Gasteiger partial charge on any atom is -0.490 e. The summed E-state index contributed by atoms with van der Waals surface area (Å²) in [7, 11) is 1.65. The molecule has 0 spiro atoms. The zero-order valence-electron chi connectivity index (χ0n) is 7.57. The van der Waals surface area contributed by atoms with Crippen LogP contribution in [-0.4, -0.2) is 19.8 Å². The lowest BCUT2D eigenvalue weighted by Gasteiger charge is -2.29. The summed E-state index contributed by atoms with van der Waals surface area (Å²) in [6, 6.07) is 7.74. The Labute approximate surface area is 77.5 Å². The Morgan fingerprint density at radius 2 is 2.23 bits per heavy atom. The number of hydrogen-bond donors (Lipinski definition) is 1. The van der Waals surface area contributed by atoms with E-state index in [2.05, 4.69) is 0 Å². The van der Waals surface area contributed by atoms with E-state index >= 15 is 0 Å². The zero-order valence-corrected chi connectivity index (χ0v) is 7.57. The number of rotatable bonds is 1. The molecule has 0 bridgehead atoms. The summed E-state index contributed by atoms with van der Waals surface area (Å²) < 4.78 is 10.7. The van der Waals surface area contributed by atoms with Crippen LogP contribution < -0.4 is 10.5 Å². The van der Waals surface area contributed by atoms with E-state index in [1.807, 2.05) is 24.3 Å². The highest BCUT2D eigenvalue weighted by molar-refractivity contribution is 5.38. The van der Waals surface area contributed by atoms with E-state index in [9.17, 15) is 0 Å². The van der Waals surface area contributed by atoms with E-state index in [0.29, 0.717) is 6.61 Å². The van der Waals surface area contributed by atoms with Gasteiger partial charge in [-0.25, -0.2) is 0 Å². The molecule has 0 aromatic heterocycles. The number of hydrogen-bond acceptors (Lipinski definition) is 3. The molecule has 3 nitrogen and oxygen atoms in total. The highest BCUT2D eigenvalue weighted by Crippen LogP contribution is 2.30. The Morgan fingerprint density at radius 1 is 1.46 bits per heavy atom. The third-order valence-corrected chi connectivity index (χ3v) is 2.38. The van der Waals surface area contributed by atoms with Gasteiger partial charge in [-0.2, -0.15) is 0 Å². The van der Waals surface area contributed by atoms with Crippen LogP contribution in [0.5, 0.6) is 5.75 Å². The number of ether oxygens (including phenoxy) is 2. The summed E-state index contributed by atoms with van der Waals surface area (Å²) in [5, 5.41) is 0. The lowest BCUT2D eigenvalue weighted by Crippen LogP contribution is -2.37. The fourth-order valence-corrected chi connectivity index (χ4v) is 1.58. The molecule has 0 saturated carbocycles. The number of methoxy groups -OCH3 is 1. The Balaban J connectivity index is 2.33. The molecule has 1 aliphatic heterocycles. The molecule has 0 fully saturated rings. The summed E-state index contributed by atoms with van der Waals surface area (Å²) in [4.78, 5) is 0. The van der Waals surface area contributed by atoms with Gasteiger partial charge in [-0.05, 0) is 6.07 Å². The van der Waals surface area contributed by atoms with Gasteiger partial charge in [0, 0.05) is 12.7 Å². The van der Waals surface area contributed by atoms with Gasteiger partial charge in [-0.15, -0.1) is 0 Å². The minimum absolute atomic E-state index is 0.0325. The van der Waals surface area contributed by atoms with Gasteiger partial charge in [-0.1, -0.05) is 18.2 Å². The SMILES string of the molecule is COC1COc2ccccc2C1N. The predicted octanol–water partition coefficient (Wildman–Crippen LogP) is 1.09. The van der Waals surface area contributed by atoms with Crippen molar-refractivity contribution in [3.8, 4) is 5.75 Å². The van der Waals surface area contributed by atoms with Crippen LogP contribution in [0, 0.1) is 0 Å². The molecular formula is C10H13NO2.